The molecule has 2 unspecified atom stereocenters. The summed E-state index contributed by atoms with van der Waals surface area (Å²) in [5.74, 6) is 0.714. The Labute approximate surface area is 439 Å². The van der Waals surface area contributed by atoms with E-state index >= 15 is 0 Å². The monoisotopic (exact) mass is 972 g/mol. The van der Waals surface area contributed by atoms with Gasteiger partial charge in [0.2, 0.25) is 0 Å². The molecule has 0 amide bonds. The van der Waals surface area contributed by atoms with Gasteiger partial charge in [-0.3, -0.25) is 0 Å². The van der Waals surface area contributed by atoms with E-state index in [0.717, 1.165) is 104 Å². The molecule has 6 aromatic carbocycles. The summed E-state index contributed by atoms with van der Waals surface area (Å²) < 4.78 is 14.7. The first-order valence-corrected chi connectivity index (χ1v) is 27.1. The lowest BCUT2D eigenvalue weighted by molar-refractivity contribution is 0.332. The van der Waals surface area contributed by atoms with Crippen LogP contribution in [0.1, 0.15) is 123 Å². The van der Waals surface area contributed by atoms with Gasteiger partial charge in [-0.05, 0) is 160 Å². The molecule has 0 bridgehead atoms. The third kappa shape index (κ3) is 7.33. The van der Waals surface area contributed by atoms with Gasteiger partial charge in [-0.25, -0.2) is 0 Å². The van der Waals surface area contributed by atoms with Crippen LogP contribution < -0.4 is 31.3 Å². The van der Waals surface area contributed by atoms with Crippen molar-refractivity contribution in [3.63, 3.8) is 0 Å². The minimum absolute atomic E-state index is 0.00530. The van der Waals surface area contributed by atoms with Gasteiger partial charge in [0.1, 0.15) is 11.2 Å². The van der Waals surface area contributed by atoms with E-state index in [1.165, 1.54) is 38.8 Å². The fourth-order valence-electron chi connectivity index (χ4n) is 13.3. The molecule has 74 heavy (non-hydrogen) atoms. The Morgan fingerprint density at radius 2 is 1.41 bits per heavy atom. The van der Waals surface area contributed by atoms with E-state index in [0.29, 0.717) is 18.3 Å². The Hall–Kier alpha value is -7.18. The molecule has 0 saturated heterocycles. The van der Waals surface area contributed by atoms with E-state index < -0.39 is 0 Å². The zero-order valence-corrected chi connectivity index (χ0v) is 45.0. The number of fused-ring (bicyclic) bond motifs is 11. The molecule has 0 radical (unpaired) electrons. The standard InChI is InChI=1S/C68H70BN3O2/c1-13-23-45(15-3)71(46-25-17-16-18-26-46)47-36-58-62-59(37-47)72(56-29-21-28-49-48-27-19-20-30-60(48)73-64(49)56)57-40-52-50(43(6)31-32-66(52,7)8)39-55(57)69(62)65-63(70(58)35-22-24-44(14-2)42(4)5)51-38-53-54(41-61(51)74-65)68(11,12)34-33-67(53,9)10/h13-22,24-30,35-43,45H,1-3,23,31-34H2,4-12H3/b35-22+,44-24+. The Balaban J connectivity index is 1.26. The molecule has 0 spiro atoms. The average molecular weight is 972 g/mol. The van der Waals surface area contributed by atoms with Gasteiger partial charge < -0.3 is 23.5 Å². The van der Waals surface area contributed by atoms with Gasteiger partial charge in [0.05, 0.1) is 23.1 Å². The SMILES string of the molecule is C=CCC(C=C)N(c1ccccc1)c1cc2c3c(c1)N(c1cccc4c1oc1ccccc14)c1cc4c(cc1B3c1oc3cc5c(cc3c1N2/C=C/C=C(\C=C)C(C)C)C(C)(C)CCC5(C)C)C(C)CCC4(C)C. The van der Waals surface area contributed by atoms with Crippen molar-refractivity contribution in [1.29, 1.82) is 0 Å². The second kappa shape index (κ2) is 17.5. The van der Waals surface area contributed by atoms with Gasteiger partial charge in [0, 0.05) is 50.8 Å². The number of anilines is 7. The van der Waals surface area contributed by atoms with Crippen LogP contribution in [0.3, 0.4) is 0 Å². The Kier molecular flexibility index (Phi) is 11.3. The molecule has 4 aliphatic rings. The highest BCUT2D eigenvalue weighted by Crippen LogP contribution is 2.54. The number of para-hydroxylation sites is 3. The highest BCUT2D eigenvalue weighted by molar-refractivity contribution is 7.00. The van der Waals surface area contributed by atoms with Crippen molar-refractivity contribution in [3.8, 4) is 0 Å². The average Bonchev–Trinajstić information content (AvgIpc) is 4.00. The van der Waals surface area contributed by atoms with Gasteiger partial charge in [-0.1, -0.05) is 148 Å². The lowest BCUT2D eigenvalue weighted by Crippen LogP contribution is -2.61. The van der Waals surface area contributed by atoms with Crippen molar-refractivity contribution in [3.05, 3.63) is 193 Å². The molecule has 0 fully saturated rings. The van der Waals surface area contributed by atoms with Crippen molar-refractivity contribution in [2.45, 2.75) is 123 Å². The maximum absolute atomic E-state index is 7.66. The first-order chi connectivity index (χ1) is 35.5. The summed E-state index contributed by atoms with van der Waals surface area (Å²) in [7, 11) is 0. The van der Waals surface area contributed by atoms with Crippen molar-refractivity contribution in [2.24, 2.45) is 5.92 Å². The third-order valence-corrected chi connectivity index (χ3v) is 17.7. The number of rotatable bonds is 11. The molecule has 12 rings (SSSR count). The lowest BCUT2D eigenvalue weighted by atomic mass is 9.35. The van der Waals surface area contributed by atoms with Crippen LogP contribution in [0.4, 0.5) is 39.8 Å². The summed E-state index contributed by atoms with van der Waals surface area (Å²) in [6, 6.07) is 40.7. The van der Waals surface area contributed by atoms with Gasteiger partial charge >= 0.3 is 0 Å². The maximum atomic E-state index is 7.66. The van der Waals surface area contributed by atoms with Gasteiger partial charge in [-0.2, -0.15) is 0 Å². The van der Waals surface area contributed by atoms with E-state index in [2.05, 4.69) is 230 Å². The van der Waals surface area contributed by atoms with E-state index in [1.54, 1.807) is 0 Å². The summed E-state index contributed by atoms with van der Waals surface area (Å²) in [6.45, 7) is 34.2. The fraction of sp³-hybridized carbons (Fsp3) is 0.294. The first kappa shape index (κ1) is 47.8. The van der Waals surface area contributed by atoms with Crippen LogP contribution in [0, 0.1) is 5.92 Å². The highest BCUT2D eigenvalue weighted by atomic mass is 16.3. The fourth-order valence-corrected chi connectivity index (χ4v) is 13.3. The van der Waals surface area contributed by atoms with E-state index in [9.17, 15) is 0 Å². The Morgan fingerprint density at radius 3 is 2.14 bits per heavy atom. The molecule has 372 valence electrons. The molecule has 6 heteroatoms. The van der Waals surface area contributed by atoms with Gasteiger partial charge in [0.15, 0.2) is 5.58 Å². The van der Waals surface area contributed by atoms with Crippen molar-refractivity contribution in [2.75, 3.05) is 14.7 Å². The number of hydrogen-bond donors (Lipinski definition) is 0. The van der Waals surface area contributed by atoms with E-state index in [4.69, 9.17) is 8.83 Å². The minimum Gasteiger partial charge on any atom is -0.468 e. The van der Waals surface area contributed by atoms with Crippen LogP contribution in [-0.4, -0.2) is 12.8 Å². The van der Waals surface area contributed by atoms with Gasteiger partial charge in [-0.15, -0.1) is 13.2 Å². The molecule has 2 aromatic heterocycles. The predicted octanol–water partition coefficient (Wildman–Crippen LogP) is 17.2. The summed E-state index contributed by atoms with van der Waals surface area (Å²) in [6.07, 6.45) is 18.0. The molecule has 2 aliphatic heterocycles. The number of furan rings is 2. The van der Waals surface area contributed by atoms with Gasteiger partial charge in [0.25, 0.3) is 6.71 Å². The maximum Gasteiger partial charge on any atom is 0.297 e. The smallest absolute Gasteiger partial charge is 0.297 e. The molecule has 2 atom stereocenters. The van der Waals surface area contributed by atoms with Crippen LogP contribution in [0.5, 0.6) is 0 Å². The summed E-state index contributed by atoms with van der Waals surface area (Å²) in [5.41, 5.74) is 20.5. The topological polar surface area (TPSA) is 36.0 Å². The molecule has 0 N–H and O–H groups in total. The van der Waals surface area contributed by atoms with Crippen molar-refractivity contribution < 1.29 is 8.83 Å². The predicted molar refractivity (Wildman–Crippen MR) is 317 cm³/mol. The number of benzene rings is 6. The molecule has 0 saturated carbocycles. The largest absolute Gasteiger partial charge is 0.468 e. The molecule has 5 nitrogen and oxygen atoms in total. The quantitative estimate of drug-likeness (QED) is 0.0733. The Bertz CT molecular complexity index is 3670. The third-order valence-electron chi connectivity index (χ3n) is 17.7. The zero-order valence-electron chi connectivity index (χ0n) is 45.0. The number of hydrogen-bond acceptors (Lipinski definition) is 5. The number of nitrogens with zero attached hydrogens (tertiary/aromatic N) is 3. The molecular weight excluding hydrogens is 902 g/mol. The normalized spacial score (nSPS) is 18.5. The van der Waals surface area contributed by atoms with Crippen LogP contribution >= 0.6 is 0 Å². The second-order valence-electron chi connectivity index (χ2n) is 24.0. The lowest BCUT2D eigenvalue weighted by Gasteiger charge is -2.45. The van der Waals surface area contributed by atoms with Crippen molar-refractivity contribution in [1.82, 2.24) is 0 Å². The van der Waals surface area contributed by atoms with E-state index in [1.807, 2.05) is 12.2 Å². The van der Waals surface area contributed by atoms with Crippen LogP contribution in [0.25, 0.3) is 32.9 Å². The first-order valence-electron chi connectivity index (χ1n) is 27.1. The zero-order chi connectivity index (χ0) is 51.6. The minimum atomic E-state index is -0.230. The highest BCUT2D eigenvalue weighted by Gasteiger charge is 2.49. The summed E-state index contributed by atoms with van der Waals surface area (Å²) >= 11 is 0. The number of allylic oxidation sites excluding steroid dienone is 4. The Morgan fingerprint density at radius 1 is 0.703 bits per heavy atom. The molecule has 8 aromatic rings. The van der Waals surface area contributed by atoms with E-state index in [-0.39, 0.29) is 29.0 Å². The molecule has 4 heterocycles. The van der Waals surface area contributed by atoms with Crippen molar-refractivity contribution >= 4 is 96.0 Å². The second-order valence-corrected chi connectivity index (χ2v) is 24.0. The van der Waals surface area contributed by atoms with Crippen LogP contribution in [-0.2, 0) is 16.2 Å². The summed E-state index contributed by atoms with van der Waals surface area (Å²) in [4.78, 5) is 7.45. The van der Waals surface area contributed by atoms with Crippen LogP contribution in [0.2, 0.25) is 0 Å². The molecule has 2 aliphatic carbocycles. The molecular formula is C68H70BN3O2. The summed E-state index contributed by atoms with van der Waals surface area (Å²) in [5, 5.41) is 3.34. The van der Waals surface area contributed by atoms with Crippen LogP contribution in [0.15, 0.2) is 180 Å².